The van der Waals surface area contributed by atoms with Gasteiger partial charge in [0.05, 0.1) is 11.0 Å². The fraction of sp³-hybridized carbons (Fsp3) is 0.157. The minimum Gasteiger partial charge on any atom is -0.456 e. The van der Waals surface area contributed by atoms with Crippen molar-refractivity contribution in [2.24, 2.45) is 0 Å². The lowest BCUT2D eigenvalue weighted by Gasteiger charge is -2.42. The van der Waals surface area contributed by atoms with Crippen molar-refractivity contribution in [2.75, 3.05) is 0 Å². The molecule has 0 radical (unpaired) electrons. The van der Waals surface area contributed by atoms with E-state index in [0.29, 0.717) is 17.5 Å². The average Bonchev–Trinajstić information content (AvgIpc) is 3.77. The number of fused-ring (bicyclic) bond motifs is 9. The van der Waals surface area contributed by atoms with Gasteiger partial charge in [0.25, 0.3) is 0 Å². The summed E-state index contributed by atoms with van der Waals surface area (Å²) in [4.78, 5) is 15.1. The van der Waals surface area contributed by atoms with Crippen LogP contribution in [0, 0.1) is 0 Å². The molecule has 0 aliphatic heterocycles. The predicted molar refractivity (Wildman–Crippen MR) is 231 cm³/mol. The lowest BCUT2D eigenvalue weighted by molar-refractivity contribution is 0.332. The zero-order chi connectivity index (χ0) is 37.8. The summed E-state index contributed by atoms with van der Waals surface area (Å²) in [5, 5.41) is 7.32. The molecular formula is C51H40N4O. The predicted octanol–water partition coefficient (Wildman–Crippen LogP) is 13.4. The number of para-hydroxylation sites is 1. The van der Waals surface area contributed by atoms with Crippen LogP contribution in [0.25, 0.3) is 94.4 Å². The maximum absolute atomic E-state index is 6.26. The molecule has 56 heavy (non-hydrogen) atoms. The lowest BCUT2D eigenvalue weighted by Crippen LogP contribution is -2.33. The van der Waals surface area contributed by atoms with Gasteiger partial charge in [-0.25, -0.2) is 15.0 Å². The molecule has 0 saturated heterocycles. The first-order valence-electron chi connectivity index (χ1n) is 19.6. The fourth-order valence-electron chi connectivity index (χ4n) is 9.10. The molecule has 0 N–H and O–H groups in total. The van der Waals surface area contributed by atoms with Crippen LogP contribution in [-0.4, -0.2) is 19.5 Å². The number of aromatic nitrogens is 4. The third-order valence-electron chi connectivity index (χ3n) is 12.3. The first kappa shape index (κ1) is 32.8. The number of benzene rings is 7. The molecule has 0 bridgehead atoms. The van der Waals surface area contributed by atoms with Crippen LogP contribution in [0.4, 0.5) is 0 Å². The van der Waals surface area contributed by atoms with E-state index >= 15 is 0 Å². The highest BCUT2D eigenvalue weighted by molar-refractivity contribution is 6.21. The summed E-state index contributed by atoms with van der Waals surface area (Å²) in [5.74, 6) is 1.85. The Kier molecular flexibility index (Phi) is 7.00. The largest absolute Gasteiger partial charge is 0.456 e. The zero-order valence-corrected chi connectivity index (χ0v) is 32.0. The molecule has 0 atom stereocenters. The Morgan fingerprint density at radius 3 is 1.80 bits per heavy atom. The van der Waals surface area contributed by atoms with Gasteiger partial charge >= 0.3 is 0 Å². The van der Waals surface area contributed by atoms with Gasteiger partial charge in [0.2, 0.25) is 0 Å². The Balaban J connectivity index is 1.09. The van der Waals surface area contributed by atoms with Crippen molar-refractivity contribution in [2.45, 2.75) is 51.4 Å². The smallest absolute Gasteiger partial charge is 0.164 e. The van der Waals surface area contributed by atoms with Crippen molar-refractivity contribution in [1.29, 1.82) is 0 Å². The molecule has 270 valence electrons. The minimum absolute atomic E-state index is 0.0913. The van der Waals surface area contributed by atoms with E-state index in [2.05, 4.69) is 123 Å². The summed E-state index contributed by atoms with van der Waals surface area (Å²) in [6.07, 6.45) is 2.35. The Morgan fingerprint density at radius 1 is 0.464 bits per heavy atom. The first-order chi connectivity index (χ1) is 27.2. The monoisotopic (exact) mass is 724 g/mol. The van der Waals surface area contributed by atoms with Crippen molar-refractivity contribution < 1.29 is 4.42 Å². The standard InChI is InChI=1S/C51H40N4O/c1-50(2)26-27-51(3,4)41-30-43-39(29-40(41)50)46-36-15-9-8-12-31(36)21-25-42(46)55(43)35-22-18-33(19-23-35)48-52-47(32-13-6-5-7-14-32)53-49(54-48)34-20-24-38-37-16-10-11-17-44(37)56-45(38)28-34/h5-25,28-30H,26-27H2,1-4H3. The molecule has 11 rings (SSSR count). The maximum atomic E-state index is 6.26. The van der Waals surface area contributed by atoms with E-state index in [1.165, 1.54) is 56.5 Å². The van der Waals surface area contributed by atoms with Crippen LogP contribution in [0.1, 0.15) is 51.7 Å². The Morgan fingerprint density at radius 2 is 1.05 bits per heavy atom. The topological polar surface area (TPSA) is 56.7 Å². The molecule has 5 heteroatoms. The Bertz CT molecular complexity index is 3190. The fourth-order valence-corrected chi connectivity index (χ4v) is 9.10. The van der Waals surface area contributed by atoms with Crippen molar-refractivity contribution in [1.82, 2.24) is 19.5 Å². The molecule has 7 aromatic carbocycles. The summed E-state index contributed by atoms with van der Waals surface area (Å²) in [6, 6.07) is 51.6. The highest BCUT2D eigenvalue weighted by Crippen LogP contribution is 2.49. The molecular weight excluding hydrogens is 685 g/mol. The van der Waals surface area contributed by atoms with Gasteiger partial charge in [-0.05, 0) is 106 Å². The van der Waals surface area contributed by atoms with E-state index < -0.39 is 0 Å². The first-order valence-corrected chi connectivity index (χ1v) is 19.6. The molecule has 0 saturated carbocycles. The van der Waals surface area contributed by atoms with Gasteiger partial charge in [0.15, 0.2) is 17.5 Å². The highest BCUT2D eigenvalue weighted by Gasteiger charge is 2.38. The maximum Gasteiger partial charge on any atom is 0.164 e. The SMILES string of the molecule is CC1(C)CCC(C)(C)c2cc3c(cc21)c1c2ccccc2ccc1n3-c1ccc(-c2nc(-c3ccccc3)nc(-c3ccc4c(c3)oc3ccccc34)n2)cc1. The zero-order valence-electron chi connectivity index (χ0n) is 32.0. The molecule has 0 amide bonds. The van der Waals surface area contributed by atoms with Crippen LogP contribution in [0.3, 0.4) is 0 Å². The Hall–Kier alpha value is -6.59. The molecule has 0 spiro atoms. The van der Waals surface area contributed by atoms with E-state index in [-0.39, 0.29) is 10.8 Å². The number of hydrogen-bond acceptors (Lipinski definition) is 4. The van der Waals surface area contributed by atoms with Crippen LogP contribution >= 0.6 is 0 Å². The molecule has 5 nitrogen and oxygen atoms in total. The number of hydrogen-bond donors (Lipinski definition) is 0. The third-order valence-corrected chi connectivity index (χ3v) is 12.3. The van der Waals surface area contributed by atoms with Gasteiger partial charge in [-0.3, -0.25) is 0 Å². The van der Waals surface area contributed by atoms with Crippen LogP contribution in [0.5, 0.6) is 0 Å². The van der Waals surface area contributed by atoms with Gasteiger partial charge < -0.3 is 8.98 Å². The van der Waals surface area contributed by atoms with Crippen LogP contribution in [0.2, 0.25) is 0 Å². The molecule has 10 aromatic rings. The number of rotatable bonds is 4. The van der Waals surface area contributed by atoms with Crippen molar-refractivity contribution in [3.63, 3.8) is 0 Å². The molecule has 3 aromatic heterocycles. The summed E-state index contributed by atoms with van der Waals surface area (Å²) >= 11 is 0. The van der Waals surface area contributed by atoms with Gasteiger partial charge in [-0.2, -0.15) is 0 Å². The van der Waals surface area contributed by atoms with Crippen LogP contribution in [0.15, 0.2) is 150 Å². The third kappa shape index (κ3) is 5.04. The lowest BCUT2D eigenvalue weighted by atomic mass is 9.63. The van der Waals surface area contributed by atoms with E-state index in [0.717, 1.165) is 44.3 Å². The minimum atomic E-state index is 0.0913. The summed E-state index contributed by atoms with van der Waals surface area (Å²) in [6.45, 7) is 9.64. The van der Waals surface area contributed by atoms with Gasteiger partial charge in [-0.1, -0.05) is 113 Å². The summed E-state index contributed by atoms with van der Waals surface area (Å²) in [5.41, 5.74) is 11.1. The second-order valence-corrected chi connectivity index (χ2v) is 16.7. The summed E-state index contributed by atoms with van der Waals surface area (Å²) in [7, 11) is 0. The van der Waals surface area contributed by atoms with Gasteiger partial charge in [-0.15, -0.1) is 0 Å². The molecule has 3 heterocycles. The Labute approximate surface area is 325 Å². The van der Waals surface area contributed by atoms with Gasteiger partial charge in [0, 0.05) is 43.9 Å². The second kappa shape index (κ2) is 12.0. The quantitative estimate of drug-likeness (QED) is 0.181. The van der Waals surface area contributed by atoms with Crippen molar-refractivity contribution in [3.8, 4) is 39.9 Å². The van der Waals surface area contributed by atoms with Crippen LogP contribution in [-0.2, 0) is 10.8 Å². The van der Waals surface area contributed by atoms with E-state index in [4.69, 9.17) is 19.4 Å². The average molecular weight is 725 g/mol. The molecule has 0 unspecified atom stereocenters. The van der Waals surface area contributed by atoms with Gasteiger partial charge in [0.1, 0.15) is 11.2 Å². The second-order valence-electron chi connectivity index (χ2n) is 16.7. The molecule has 1 aliphatic rings. The summed E-state index contributed by atoms with van der Waals surface area (Å²) < 4.78 is 8.71. The van der Waals surface area contributed by atoms with Crippen LogP contribution < -0.4 is 0 Å². The van der Waals surface area contributed by atoms with Crippen molar-refractivity contribution in [3.05, 3.63) is 157 Å². The van der Waals surface area contributed by atoms with E-state index in [1.807, 2.05) is 54.6 Å². The molecule has 1 aliphatic carbocycles. The number of furan rings is 1. The van der Waals surface area contributed by atoms with E-state index in [9.17, 15) is 0 Å². The normalized spacial score (nSPS) is 14.9. The highest BCUT2D eigenvalue weighted by atomic mass is 16.3. The van der Waals surface area contributed by atoms with E-state index in [1.54, 1.807) is 0 Å². The number of nitrogens with zero attached hydrogens (tertiary/aromatic N) is 4. The molecule has 0 fully saturated rings. The van der Waals surface area contributed by atoms with Crippen molar-refractivity contribution >= 4 is 54.5 Å².